The molecule has 4 heteroatoms. The highest BCUT2D eigenvalue weighted by Crippen LogP contribution is 2.16. The number of amides is 2. The predicted molar refractivity (Wildman–Crippen MR) is 69.0 cm³/mol. The molecule has 0 aromatic carbocycles. The van der Waals surface area contributed by atoms with Gasteiger partial charge < -0.3 is 15.5 Å². The van der Waals surface area contributed by atoms with Crippen LogP contribution in [-0.2, 0) is 0 Å². The molecule has 2 aliphatic rings. The predicted octanol–water partition coefficient (Wildman–Crippen LogP) is 1.57. The lowest BCUT2D eigenvalue weighted by Gasteiger charge is -2.35. The van der Waals surface area contributed by atoms with Gasteiger partial charge in [0, 0.05) is 25.2 Å². The summed E-state index contributed by atoms with van der Waals surface area (Å²) < 4.78 is 0. The van der Waals surface area contributed by atoms with Crippen LogP contribution in [-0.4, -0.2) is 42.6 Å². The Bertz CT molecular complexity index is 261. The molecule has 0 aliphatic carbocycles. The highest BCUT2D eigenvalue weighted by Gasteiger charge is 2.26. The molecule has 0 spiro atoms. The molecule has 4 nitrogen and oxygen atoms in total. The van der Waals surface area contributed by atoms with Crippen molar-refractivity contribution in [1.29, 1.82) is 0 Å². The van der Waals surface area contributed by atoms with Crippen LogP contribution in [0.5, 0.6) is 0 Å². The molecule has 2 amide bonds. The Labute approximate surface area is 104 Å². The lowest BCUT2D eigenvalue weighted by atomic mass is 9.99. The fourth-order valence-corrected chi connectivity index (χ4v) is 2.70. The quantitative estimate of drug-likeness (QED) is 0.729. The molecule has 2 atom stereocenters. The van der Waals surface area contributed by atoms with Crippen molar-refractivity contribution in [3.8, 4) is 0 Å². The summed E-state index contributed by atoms with van der Waals surface area (Å²) in [5, 5.41) is 6.59. The number of nitrogens with one attached hydrogen (secondary N) is 2. The van der Waals surface area contributed by atoms with Gasteiger partial charge in [0.25, 0.3) is 0 Å². The van der Waals surface area contributed by atoms with Crippen LogP contribution in [0.25, 0.3) is 0 Å². The maximum Gasteiger partial charge on any atom is 0.317 e. The van der Waals surface area contributed by atoms with E-state index >= 15 is 0 Å². The van der Waals surface area contributed by atoms with Crippen molar-refractivity contribution in [3.63, 3.8) is 0 Å². The number of hydrogen-bond acceptors (Lipinski definition) is 2. The maximum absolute atomic E-state index is 12.1. The van der Waals surface area contributed by atoms with Gasteiger partial charge in [0.1, 0.15) is 0 Å². The summed E-state index contributed by atoms with van der Waals surface area (Å²) >= 11 is 0. The molecule has 0 bridgehead atoms. The van der Waals surface area contributed by atoms with E-state index in [1.807, 2.05) is 4.90 Å². The fourth-order valence-electron chi connectivity index (χ4n) is 2.70. The SMILES string of the molecule is CC1CCN(C(=O)NC2CCCNC2C)CC1. The van der Waals surface area contributed by atoms with Crippen molar-refractivity contribution in [2.45, 2.75) is 51.6 Å². The third kappa shape index (κ3) is 3.35. The van der Waals surface area contributed by atoms with Gasteiger partial charge >= 0.3 is 6.03 Å². The van der Waals surface area contributed by atoms with Crippen molar-refractivity contribution in [2.75, 3.05) is 19.6 Å². The van der Waals surface area contributed by atoms with E-state index in [1.165, 1.54) is 0 Å². The molecule has 2 rings (SSSR count). The van der Waals surface area contributed by atoms with Crippen LogP contribution in [0.1, 0.15) is 39.5 Å². The molecular formula is C13H25N3O. The van der Waals surface area contributed by atoms with Crippen molar-refractivity contribution in [3.05, 3.63) is 0 Å². The summed E-state index contributed by atoms with van der Waals surface area (Å²) in [5.74, 6) is 0.773. The Morgan fingerprint density at radius 1 is 1.24 bits per heavy atom. The van der Waals surface area contributed by atoms with Gasteiger partial charge in [-0.1, -0.05) is 6.92 Å². The van der Waals surface area contributed by atoms with Gasteiger partial charge in [-0.05, 0) is 45.1 Å². The standard InChI is InChI=1S/C13H25N3O/c1-10-5-8-16(9-6-10)13(17)15-12-4-3-7-14-11(12)2/h10-12,14H,3-9H2,1-2H3,(H,15,17). The third-order valence-electron chi connectivity index (χ3n) is 4.14. The number of piperidine rings is 2. The number of carbonyl (C=O) groups is 1. The van der Waals surface area contributed by atoms with E-state index in [0.29, 0.717) is 12.1 Å². The molecule has 2 heterocycles. The Balaban J connectivity index is 1.79. The summed E-state index contributed by atoms with van der Waals surface area (Å²) in [7, 11) is 0. The van der Waals surface area contributed by atoms with Crippen LogP contribution in [0.2, 0.25) is 0 Å². The Morgan fingerprint density at radius 2 is 1.94 bits per heavy atom. The van der Waals surface area contributed by atoms with E-state index in [0.717, 1.165) is 51.2 Å². The zero-order valence-electron chi connectivity index (χ0n) is 11.0. The second-order valence-electron chi connectivity index (χ2n) is 5.61. The van der Waals surface area contributed by atoms with Crippen LogP contribution >= 0.6 is 0 Å². The molecule has 98 valence electrons. The average molecular weight is 239 g/mol. The van der Waals surface area contributed by atoms with Crippen molar-refractivity contribution in [1.82, 2.24) is 15.5 Å². The lowest BCUT2D eigenvalue weighted by Crippen LogP contribution is -2.55. The van der Waals surface area contributed by atoms with E-state index < -0.39 is 0 Å². The number of urea groups is 1. The van der Waals surface area contributed by atoms with Crippen molar-refractivity contribution < 1.29 is 4.79 Å². The highest BCUT2D eigenvalue weighted by molar-refractivity contribution is 5.74. The summed E-state index contributed by atoms with van der Waals surface area (Å²) in [6.45, 7) is 7.34. The lowest BCUT2D eigenvalue weighted by molar-refractivity contribution is 0.165. The molecule has 0 aromatic rings. The Kier molecular flexibility index (Phi) is 4.26. The zero-order valence-corrected chi connectivity index (χ0v) is 11.0. The molecule has 0 radical (unpaired) electrons. The number of nitrogens with zero attached hydrogens (tertiary/aromatic N) is 1. The van der Waals surface area contributed by atoms with Gasteiger partial charge in [-0.3, -0.25) is 0 Å². The number of carbonyl (C=O) groups excluding carboxylic acids is 1. The fraction of sp³-hybridized carbons (Fsp3) is 0.923. The van der Waals surface area contributed by atoms with E-state index in [-0.39, 0.29) is 6.03 Å². The first-order valence-electron chi connectivity index (χ1n) is 6.95. The van der Waals surface area contributed by atoms with Gasteiger partial charge in [0.05, 0.1) is 0 Å². The minimum atomic E-state index is 0.137. The van der Waals surface area contributed by atoms with Crippen LogP contribution < -0.4 is 10.6 Å². The number of rotatable bonds is 1. The van der Waals surface area contributed by atoms with Crippen LogP contribution in [0.15, 0.2) is 0 Å². The van der Waals surface area contributed by atoms with Crippen LogP contribution in [0, 0.1) is 5.92 Å². The molecule has 2 aliphatic heterocycles. The van der Waals surface area contributed by atoms with Gasteiger partial charge in [-0.15, -0.1) is 0 Å². The maximum atomic E-state index is 12.1. The Morgan fingerprint density at radius 3 is 2.59 bits per heavy atom. The first kappa shape index (κ1) is 12.7. The van der Waals surface area contributed by atoms with Crippen LogP contribution in [0.4, 0.5) is 4.79 Å². The summed E-state index contributed by atoms with van der Waals surface area (Å²) in [6, 6.07) is 0.837. The molecule has 2 unspecified atom stereocenters. The summed E-state index contributed by atoms with van der Waals surface area (Å²) in [4.78, 5) is 14.1. The molecule has 0 saturated carbocycles. The number of likely N-dealkylation sites (tertiary alicyclic amines) is 1. The van der Waals surface area contributed by atoms with Gasteiger partial charge in [-0.2, -0.15) is 0 Å². The minimum absolute atomic E-state index is 0.137. The van der Waals surface area contributed by atoms with E-state index in [9.17, 15) is 4.79 Å². The molecule has 2 fully saturated rings. The van der Waals surface area contributed by atoms with Gasteiger partial charge in [0.2, 0.25) is 0 Å². The molecule has 0 aromatic heterocycles. The van der Waals surface area contributed by atoms with E-state index in [2.05, 4.69) is 24.5 Å². The van der Waals surface area contributed by atoms with Gasteiger partial charge in [0.15, 0.2) is 0 Å². The second kappa shape index (κ2) is 5.71. The molecule has 2 N–H and O–H groups in total. The van der Waals surface area contributed by atoms with E-state index in [1.54, 1.807) is 0 Å². The first-order valence-corrected chi connectivity index (χ1v) is 6.95. The third-order valence-corrected chi connectivity index (χ3v) is 4.14. The highest BCUT2D eigenvalue weighted by atomic mass is 16.2. The van der Waals surface area contributed by atoms with Gasteiger partial charge in [-0.25, -0.2) is 4.79 Å². The second-order valence-corrected chi connectivity index (χ2v) is 5.61. The largest absolute Gasteiger partial charge is 0.334 e. The summed E-state index contributed by atoms with van der Waals surface area (Å²) in [6.07, 6.45) is 4.55. The monoisotopic (exact) mass is 239 g/mol. The number of hydrogen-bond donors (Lipinski definition) is 2. The Hall–Kier alpha value is -0.770. The van der Waals surface area contributed by atoms with Crippen molar-refractivity contribution in [2.24, 2.45) is 5.92 Å². The summed E-state index contributed by atoms with van der Waals surface area (Å²) in [5.41, 5.74) is 0. The van der Waals surface area contributed by atoms with Crippen LogP contribution in [0.3, 0.4) is 0 Å². The molecular weight excluding hydrogens is 214 g/mol. The first-order chi connectivity index (χ1) is 8.16. The topological polar surface area (TPSA) is 44.4 Å². The zero-order chi connectivity index (χ0) is 12.3. The smallest absolute Gasteiger partial charge is 0.317 e. The van der Waals surface area contributed by atoms with Crippen molar-refractivity contribution >= 4 is 6.03 Å². The molecule has 17 heavy (non-hydrogen) atoms. The van der Waals surface area contributed by atoms with E-state index in [4.69, 9.17) is 0 Å². The minimum Gasteiger partial charge on any atom is -0.334 e. The normalized spacial score (nSPS) is 31.3. The molecule has 2 saturated heterocycles. The average Bonchev–Trinajstić information content (AvgIpc) is 2.33.